The maximum absolute atomic E-state index is 12.5. The van der Waals surface area contributed by atoms with E-state index in [0.29, 0.717) is 17.5 Å². The molecule has 3 rings (SSSR count). The Hall–Kier alpha value is -1.55. The molecule has 106 valence electrons. The van der Waals surface area contributed by atoms with Crippen molar-refractivity contribution >= 4 is 28.5 Å². The summed E-state index contributed by atoms with van der Waals surface area (Å²) in [5.41, 5.74) is 1.43. The summed E-state index contributed by atoms with van der Waals surface area (Å²) >= 11 is 5.99. The fourth-order valence-electron chi connectivity index (χ4n) is 2.86. The average Bonchev–Trinajstić information content (AvgIpc) is 3.03. The number of aromatic nitrogens is 1. The first-order valence-corrected chi connectivity index (χ1v) is 7.43. The number of likely N-dealkylation sites (tertiary alicyclic amines) is 1. The van der Waals surface area contributed by atoms with Gasteiger partial charge in [-0.1, -0.05) is 24.2 Å². The van der Waals surface area contributed by atoms with Gasteiger partial charge in [-0.15, -0.1) is 11.6 Å². The Morgan fingerprint density at radius 2 is 2.30 bits per heavy atom. The number of benzene rings is 1. The van der Waals surface area contributed by atoms with E-state index in [1.54, 1.807) is 0 Å². The Morgan fingerprint density at radius 3 is 3.10 bits per heavy atom. The first-order valence-electron chi connectivity index (χ1n) is 6.89. The van der Waals surface area contributed by atoms with Gasteiger partial charge < -0.3 is 9.42 Å². The van der Waals surface area contributed by atoms with Crippen LogP contribution in [0.3, 0.4) is 0 Å². The van der Waals surface area contributed by atoms with Crippen molar-refractivity contribution < 1.29 is 9.32 Å². The molecule has 2 aromatic rings. The minimum Gasteiger partial charge on any atom is -0.356 e. The van der Waals surface area contributed by atoms with Gasteiger partial charge in [-0.05, 0) is 24.5 Å². The molecule has 1 aliphatic heterocycles. The zero-order valence-corrected chi connectivity index (χ0v) is 12.1. The Morgan fingerprint density at radius 1 is 1.50 bits per heavy atom. The van der Waals surface area contributed by atoms with Crippen molar-refractivity contribution in [3.05, 3.63) is 30.0 Å². The molecule has 1 aromatic heterocycles. The number of hydrogen-bond acceptors (Lipinski definition) is 3. The molecule has 5 heteroatoms. The van der Waals surface area contributed by atoms with Gasteiger partial charge in [0, 0.05) is 23.9 Å². The van der Waals surface area contributed by atoms with Gasteiger partial charge in [0.15, 0.2) is 5.58 Å². The minimum atomic E-state index is 0.0825. The standard InChI is InChI=1S/C15H17ClN2O2/c1-10-6-7-18(13(10)9-16)15(19)8-12-11-4-2-3-5-14(11)20-17-12/h2-5,10,13H,6-9H2,1H3. The van der Waals surface area contributed by atoms with Crippen molar-refractivity contribution in [3.8, 4) is 0 Å². The van der Waals surface area contributed by atoms with Crippen LogP contribution in [0.25, 0.3) is 11.0 Å². The number of amides is 1. The summed E-state index contributed by atoms with van der Waals surface area (Å²) in [5.74, 6) is 1.04. The number of para-hydroxylation sites is 1. The largest absolute Gasteiger partial charge is 0.356 e. The van der Waals surface area contributed by atoms with Crippen LogP contribution in [0, 0.1) is 5.92 Å². The molecular weight excluding hydrogens is 276 g/mol. The fourth-order valence-corrected chi connectivity index (χ4v) is 3.33. The van der Waals surface area contributed by atoms with Gasteiger partial charge in [-0.2, -0.15) is 0 Å². The Balaban J connectivity index is 1.79. The second-order valence-electron chi connectivity index (χ2n) is 5.38. The first-order chi connectivity index (χ1) is 9.70. The highest BCUT2D eigenvalue weighted by Crippen LogP contribution is 2.26. The van der Waals surface area contributed by atoms with E-state index in [2.05, 4.69) is 12.1 Å². The summed E-state index contributed by atoms with van der Waals surface area (Å²) in [5, 5.41) is 4.93. The third-order valence-corrected chi connectivity index (χ3v) is 4.45. The van der Waals surface area contributed by atoms with E-state index < -0.39 is 0 Å². The lowest BCUT2D eigenvalue weighted by molar-refractivity contribution is -0.131. The van der Waals surface area contributed by atoms with E-state index in [4.69, 9.17) is 16.1 Å². The monoisotopic (exact) mass is 292 g/mol. The molecule has 0 aliphatic carbocycles. The topological polar surface area (TPSA) is 46.3 Å². The third-order valence-electron chi connectivity index (χ3n) is 4.13. The SMILES string of the molecule is CC1CCN(C(=O)Cc2noc3ccccc23)C1CCl. The number of rotatable bonds is 3. The van der Waals surface area contributed by atoms with Gasteiger partial charge in [0.1, 0.15) is 5.69 Å². The molecule has 20 heavy (non-hydrogen) atoms. The van der Waals surface area contributed by atoms with Crippen molar-refractivity contribution in [2.24, 2.45) is 5.92 Å². The molecule has 1 aromatic carbocycles. The third kappa shape index (κ3) is 2.29. The number of fused-ring (bicyclic) bond motifs is 1. The van der Waals surface area contributed by atoms with Crippen LogP contribution in [0.15, 0.2) is 28.8 Å². The van der Waals surface area contributed by atoms with E-state index >= 15 is 0 Å². The summed E-state index contributed by atoms with van der Waals surface area (Å²) in [7, 11) is 0. The molecule has 1 amide bonds. The van der Waals surface area contributed by atoms with E-state index in [-0.39, 0.29) is 18.4 Å². The summed E-state index contributed by atoms with van der Waals surface area (Å²) in [6.45, 7) is 2.93. The van der Waals surface area contributed by atoms with Crippen LogP contribution in [0.4, 0.5) is 0 Å². The molecule has 0 saturated carbocycles. The molecular formula is C15H17ClN2O2. The van der Waals surface area contributed by atoms with Gasteiger partial charge in [0.05, 0.1) is 6.42 Å². The zero-order valence-electron chi connectivity index (χ0n) is 11.4. The highest BCUT2D eigenvalue weighted by molar-refractivity contribution is 6.18. The number of hydrogen-bond donors (Lipinski definition) is 0. The number of halogens is 1. The maximum Gasteiger partial charge on any atom is 0.229 e. The second-order valence-corrected chi connectivity index (χ2v) is 5.69. The summed E-state index contributed by atoms with van der Waals surface area (Å²) in [4.78, 5) is 14.3. The first kappa shape index (κ1) is 13.4. The Labute approximate surface area is 122 Å². The molecule has 4 nitrogen and oxygen atoms in total. The van der Waals surface area contributed by atoms with Crippen molar-refractivity contribution in [1.29, 1.82) is 0 Å². The second kappa shape index (κ2) is 5.44. The highest BCUT2D eigenvalue weighted by Gasteiger charge is 2.33. The highest BCUT2D eigenvalue weighted by atomic mass is 35.5. The molecule has 0 radical (unpaired) electrons. The van der Waals surface area contributed by atoms with E-state index in [0.717, 1.165) is 23.9 Å². The lowest BCUT2D eigenvalue weighted by Gasteiger charge is -2.24. The average molecular weight is 293 g/mol. The minimum absolute atomic E-state index is 0.0825. The molecule has 0 N–H and O–H groups in total. The number of carbonyl (C=O) groups excluding carboxylic acids is 1. The van der Waals surface area contributed by atoms with E-state index in [1.165, 1.54) is 0 Å². The number of carbonyl (C=O) groups is 1. The van der Waals surface area contributed by atoms with Crippen LogP contribution in [0.1, 0.15) is 19.0 Å². The smallest absolute Gasteiger partial charge is 0.229 e. The molecule has 1 aliphatic rings. The fraction of sp³-hybridized carbons (Fsp3) is 0.467. The van der Waals surface area contributed by atoms with Crippen molar-refractivity contribution in [3.63, 3.8) is 0 Å². The van der Waals surface area contributed by atoms with Crippen molar-refractivity contribution in [2.75, 3.05) is 12.4 Å². The van der Waals surface area contributed by atoms with Crippen LogP contribution < -0.4 is 0 Å². The van der Waals surface area contributed by atoms with Gasteiger partial charge in [0.2, 0.25) is 5.91 Å². The zero-order chi connectivity index (χ0) is 14.1. The van der Waals surface area contributed by atoms with E-state index in [1.807, 2.05) is 29.2 Å². The van der Waals surface area contributed by atoms with Crippen LogP contribution >= 0.6 is 11.6 Å². The van der Waals surface area contributed by atoms with Gasteiger partial charge in [0.25, 0.3) is 0 Å². The van der Waals surface area contributed by atoms with Gasteiger partial charge >= 0.3 is 0 Å². The van der Waals surface area contributed by atoms with Gasteiger partial charge in [-0.3, -0.25) is 4.79 Å². The van der Waals surface area contributed by atoms with Crippen LogP contribution in [0.2, 0.25) is 0 Å². The predicted octanol–water partition coefficient (Wildman–Crippen LogP) is 2.85. The molecule has 0 spiro atoms. The van der Waals surface area contributed by atoms with Crippen LogP contribution in [-0.4, -0.2) is 34.4 Å². The molecule has 2 unspecified atom stereocenters. The molecule has 2 atom stereocenters. The molecule has 0 bridgehead atoms. The lowest BCUT2D eigenvalue weighted by atomic mass is 10.0. The molecule has 1 fully saturated rings. The normalized spacial score (nSPS) is 22.6. The molecule has 2 heterocycles. The number of alkyl halides is 1. The Bertz CT molecular complexity index is 625. The lowest BCUT2D eigenvalue weighted by Crippen LogP contribution is -2.39. The van der Waals surface area contributed by atoms with Crippen LogP contribution in [-0.2, 0) is 11.2 Å². The number of nitrogens with zero attached hydrogens (tertiary/aromatic N) is 2. The summed E-state index contributed by atoms with van der Waals surface area (Å²) < 4.78 is 5.24. The van der Waals surface area contributed by atoms with Crippen LogP contribution in [0.5, 0.6) is 0 Å². The van der Waals surface area contributed by atoms with Gasteiger partial charge in [-0.25, -0.2) is 0 Å². The Kier molecular flexibility index (Phi) is 3.66. The predicted molar refractivity (Wildman–Crippen MR) is 77.7 cm³/mol. The molecule has 1 saturated heterocycles. The quantitative estimate of drug-likeness (QED) is 0.817. The van der Waals surface area contributed by atoms with Crippen molar-refractivity contribution in [2.45, 2.75) is 25.8 Å². The van der Waals surface area contributed by atoms with Crippen molar-refractivity contribution in [1.82, 2.24) is 10.1 Å². The maximum atomic E-state index is 12.5. The summed E-state index contributed by atoms with van der Waals surface area (Å²) in [6.07, 6.45) is 1.29. The summed E-state index contributed by atoms with van der Waals surface area (Å²) in [6, 6.07) is 7.75. The van der Waals surface area contributed by atoms with E-state index in [9.17, 15) is 4.79 Å².